The smallest absolute Gasteiger partial charge is 0.341 e. The number of hydrogen-bond donors (Lipinski definition) is 2. The maximum Gasteiger partial charge on any atom is 0.341 e. The normalized spacial score (nSPS) is 10.7. The van der Waals surface area contributed by atoms with Crippen LogP contribution in [0.15, 0.2) is 60.1 Å². The Bertz CT molecular complexity index is 1320. The van der Waals surface area contributed by atoms with E-state index in [4.69, 9.17) is 15.2 Å². The van der Waals surface area contributed by atoms with E-state index in [-0.39, 0.29) is 24.9 Å². The van der Waals surface area contributed by atoms with Crippen LogP contribution in [0.4, 0.5) is 15.9 Å². The number of carbonyl (C=O) groups is 2. The second-order valence-electron chi connectivity index (χ2n) is 7.02. The molecule has 4 rings (SSSR count). The number of esters is 1. The zero-order valence-electron chi connectivity index (χ0n) is 17.6. The van der Waals surface area contributed by atoms with E-state index in [1.165, 1.54) is 41.8 Å². The Morgan fingerprint density at radius 1 is 1.18 bits per heavy atom. The van der Waals surface area contributed by atoms with Gasteiger partial charge in [0.25, 0.3) is 5.91 Å². The van der Waals surface area contributed by atoms with Gasteiger partial charge in [-0.3, -0.25) is 4.79 Å². The summed E-state index contributed by atoms with van der Waals surface area (Å²) in [5.41, 5.74) is 8.07. The SMILES string of the molecule is CCOC(=O)c1cnc(N)c2c(COc3cccc(C(=O)Nc4ccc(F)cc4)c3)csc12. The first-order valence-electron chi connectivity index (χ1n) is 10.1. The number of nitrogens with zero attached hydrogens (tertiary/aromatic N) is 1. The summed E-state index contributed by atoms with van der Waals surface area (Å²) in [4.78, 5) is 28.9. The summed E-state index contributed by atoms with van der Waals surface area (Å²) in [5.74, 6) is -0.404. The van der Waals surface area contributed by atoms with Gasteiger partial charge in [0, 0.05) is 28.4 Å². The number of ether oxygens (including phenoxy) is 2. The Hall–Kier alpha value is -3.98. The van der Waals surface area contributed by atoms with E-state index in [0.717, 1.165) is 5.56 Å². The molecule has 9 heteroatoms. The minimum atomic E-state index is -0.454. The maximum absolute atomic E-state index is 13.1. The van der Waals surface area contributed by atoms with Crippen LogP contribution in [-0.2, 0) is 11.3 Å². The van der Waals surface area contributed by atoms with Crippen LogP contribution in [0.5, 0.6) is 5.75 Å². The van der Waals surface area contributed by atoms with Gasteiger partial charge in [0.2, 0.25) is 0 Å². The third-order valence-electron chi connectivity index (χ3n) is 4.79. The minimum Gasteiger partial charge on any atom is -0.489 e. The molecule has 0 unspecified atom stereocenters. The van der Waals surface area contributed by atoms with Crippen molar-refractivity contribution in [2.24, 2.45) is 0 Å². The van der Waals surface area contributed by atoms with Crippen molar-refractivity contribution in [3.8, 4) is 5.75 Å². The van der Waals surface area contributed by atoms with Crippen LogP contribution in [-0.4, -0.2) is 23.5 Å². The van der Waals surface area contributed by atoms with Crippen molar-refractivity contribution in [1.29, 1.82) is 0 Å². The van der Waals surface area contributed by atoms with Gasteiger partial charge in [0.1, 0.15) is 24.0 Å². The second-order valence-corrected chi connectivity index (χ2v) is 7.90. The van der Waals surface area contributed by atoms with Gasteiger partial charge in [-0.15, -0.1) is 11.3 Å². The number of anilines is 2. The molecule has 33 heavy (non-hydrogen) atoms. The number of carbonyl (C=O) groups excluding carboxylic acids is 2. The summed E-state index contributed by atoms with van der Waals surface area (Å²) in [6, 6.07) is 12.2. The van der Waals surface area contributed by atoms with E-state index in [2.05, 4.69) is 10.3 Å². The number of pyridine rings is 1. The molecule has 2 aromatic carbocycles. The summed E-state index contributed by atoms with van der Waals surface area (Å²) in [5, 5.41) is 5.22. The molecule has 0 radical (unpaired) electrons. The Morgan fingerprint density at radius 2 is 1.97 bits per heavy atom. The highest BCUT2D eigenvalue weighted by Crippen LogP contribution is 2.33. The molecule has 2 aromatic heterocycles. The first kappa shape index (κ1) is 22.2. The highest BCUT2D eigenvalue weighted by atomic mass is 32.1. The lowest BCUT2D eigenvalue weighted by Gasteiger charge is -2.09. The molecule has 0 aliphatic heterocycles. The number of nitrogens with one attached hydrogen (secondary N) is 1. The van der Waals surface area contributed by atoms with Gasteiger partial charge in [0.15, 0.2) is 0 Å². The van der Waals surface area contributed by atoms with Gasteiger partial charge in [-0.05, 0) is 54.8 Å². The number of benzene rings is 2. The van der Waals surface area contributed by atoms with Crippen molar-refractivity contribution in [1.82, 2.24) is 4.98 Å². The Kier molecular flexibility index (Phi) is 6.50. The molecule has 0 saturated heterocycles. The largest absolute Gasteiger partial charge is 0.489 e. The van der Waals surface area contributed by atoms with E-state index in [9.17, 15) is 14.0 Å². The number of nitrogens with two attached hydrogens (primary N) is 1. The molecule has 2 heterocycles. The highest BCUT2D eigenvalue weighted by Gasteiger charge is 2.18. The second kappa shape index (κ2) is 9.66. The standard InChI is InChI=1S/C24H20FN3O4S/c1-2-31-24(30)19-11-27-22(26)20-15(13-33-21(19)20)12-32-18-5-3-4-14(10-18)23(29)28-17-8-6-16(25)7-9-17/h3-11,13H,2,12H2,1H3,(H2,26,27)(H,28,29). The van der Waals surface area contributed by atoms with Crippen LogP contribution >= 0.6 is 11.3 Å². The van der Waals surface area contributed by atoms with Gasteiger partial charge in [0.05, 0.1) is 16.9 Å². The monoisotopic (exact) mass is 465 g/mol. The molecule has 0 spiro atoms. The minimum absolute atomic E-state index is 0.168. The fraction of sp³-hybridized carbons (Fsp3) is 0.125. The number of nitrogen functional groups attached to an aromatic ring is 1. The zero-order valence-corrected chi connectivity index (χ0v) is 18.4. The zero-order chi connectivity index (χ0) is 23.4. The molecular weight excluding hydrogens is 445 g/mol. The van der Waals surface area contributed by atoms with Crippen LogP contribution in [0.25, 0.3) is 10.1 Å². The first-order chi connectivity index (χ1) is 16.0. The van der Waals surface area contributed by atoms with Gasteiger partial charge in [-0.1, -0.05) is 6.07 Å². The molecule has 0 fully saturated rings. The van der Waals surface area contributed by atoms with Crippen molar-refractivity contribution in [3.05, 3.63) is 82.6 Å². The first-order valence-corrected chi connectivity index (χ1v) is 11.0. The van der Waals surface area contributed by atoms with Crippen LogP contribution in [0.3, 0.4) is 0 Å². The Labute approximate surface area is 193 Å². The van der Waals surface area contributed by atoms with Gasteiger partial charge < -0.3 is 20.5 Å². The summed E-state index contributed by atoms with van der Waals surface area (Å²) in [7, 11) is 0. The molecular formula is C24H20FN3O4S. The van der Waals surface area contributed by atoms with Crippen LogP contribution < -0.4 is 15.8 Å². The van der Waals surface area contributed by atoms with E-state index in [1.807, 2.05) is 5.38 Å². The Balaban J connectivity index is 1.50. The molecule has 168 valence electrons. The van der Waals surface area contributed by atoms with E-state index in [0.29, 0.717) is 38.5 Å². The molecule has 3 N–H and O–H groups in total. The van der Waals surface area contributed by atoms with Gasteiger partial charge >= 0.3 is 5.97 Å². The number of amides is 1. The van der Waals surface area contributed by atoms with Crippen molar-refractivity contribution in [2.45, 2.75) is 13.5 Å². The summed E-state index contributed by atoms with van der Waals surface area (Å²) >= 11 is 1.36. The van der Waals surface area contributed by atoms with Crippen LogP contribution in [0.1, 0.15) is 33.2 Å². The third kappa shape index (κ3) is 4.93. The number of hydrogen-bond acceptors (Lipinski definition) is 7. The topological polar surface area (TPSA) is 104 Å². The molecule has 7 nitrogen and oxygen atoms in total. The summed E-state index contributed by atoms with van der Waals surface area (Å²) in [6.45, 7) is 2.17. The quantitative estimate of drug-likeness (QED) is 0.371. The highest BCUT2D eigenvalue weighted by molar-refractivity contribution is 7.17. The van der Waals surface area contributed by atoms with E-state index in [1.54, 1.807) is 31.2 Å². The van der Waals surface area contributed by atoms with Crippen molar-refractivity contribution < 1.29 is 23.5 Å². The van der Waals surface area contributed by atoms with E-state index < -0.39 is 5.97 Å². The number of thiophene rings is 1. The maximum atomic E-state index is 13.1. The average Bonchev–Trinajstić information content (AvgIpc) is 3.24. The summed E-state index contributed by atoms with van der Waals surface area (Å²) in [6.07, 6.45) is 1.42. The fourth-order valence-corrected chi connectivity index (χ4v) is 4.28. The third-order valence-corrected chi connectivity index (χ3v) is 5.85. The average molecular weight is 466 g/mol. The number of halogens is 1. The lowest BCUT2D eigenvalue weighted by Crippen LogP contribution is -2.12. The van der Waals surface area contributed by atoms with Crippen molar-refractivity contribution >= 4 is 44.8 Å². The van der Waals surface area contributed by atoms with Crippen LogP contribution in [0, 0.1) is 5.82 Å². The fourth-order valence-electron chi connectivity index (χ4n) is 3.22. The van der Waals surface area contributed by atoms with Crippen LogP contribution in [0.2, 0.25) is 0 Å². The molecule has 1 amide bonds. The predicted molar refractivity (Wildman–Crippen MR) is 125 cm³/mol. The molecule has 0 bridgehead atoms. The lowest BCUT2D eigenvalue weighted by molar-refractivity contribution is 0.0528. The molecule has 0 atom stereocenters. The van der Waals surface area contributed by atoms with Crippen molar-refractivity contribution in [3.63, 3.8) is 0 Å². The van der Waals surface area contributed by atoms with E-state index >= 15 is 0 Å². The molecule has 0 aliphatic carbocycles. The number of fused-ring (bicyclic) bond motifs is 1. The Morgan fingerprint density at radius 3 is 2.73 bits per heavy atom. The molecule has 0 aliphatic rings. The van der Waals surface area contributed by atoms with Crippen molar-refractivity contribution in [2.75, 3.05) is 17.7 Å². The van der Waals surface area contributed by atoms with Gasteiger partial charge in [-0.2, -0.15) is 0 Å². The number of rotatable bonds is 7. The lowest BCUT2D eigenvalue weighted by atomic mass is 10.1. The predicted octanol–water partition coefficient (Wildman–Crippen LogP) is 5.03. The van der Waals surface area contributed by atoms with Gasteiger partial charge in [-0.25, -0.2) is 14.2 Å². The molecule has 4 aromatic rings. The molecule has 0 saturated carbocycles. The number of aromatic nitrogens is 1. The summed E-state index contributed by atoms with van der Waals surface area (Å²) < 4.78 is 24.7.